The Labute approximate surface area is 221 Å². The quantitative estimate of drug-likeness (QED) is 0.429. The summed E-state index contributed by atoms with van der Waals surface area (Å²) in [5.41, 5.74) is 3.06. The number of allylic oxidation sites excluding steroid dienone is 4. The molecule has 0 amide bonds. The molecule has 0 spiro atoms. The van der Waals surface area contributed by atoms with Gasteiger partial charge in [-0.1, -0.05) is 62.4 Å². The third kappa shape index (κ3) is 4.93. The number of nitrogens with zero attached hydrogens (tertiary/aromatic N) is 2. The van der Waals surface area contributed by atoms with E-state index in [0.717, 1.165) is 36.8 Å². The lowest BCUT2D eigenvalue weighted by atomic mass is 9.61. The van der Waals surface area contributed by atoms with Crippen LogP contribution in [0.1, 0.15) is 90.3 Å². The first-order valence-electron chi connectivity index (χ1n) is 14.3. The molecule has 6 heteroatoms. The lowest BCUT2D eigenvalue weighted by Gasteiger charge is -2.44. The van der Waals surface area contributed by atoms with Crippen molar-refractivity contribution in [1.82, 2.24) is 10.1 Å². The Balaban J connectivity index is 1.28. The first kappa shape index (κ1) is 26.6. The largest absolute Gasteiger partial charge is 0.393 e. The second-order valence-electron chi connectivity index (χ2n) is 12.4. The van der Waals surface area contributed by atoms with Crippen LogP contribution in [-0.2, 0) is 11.8 Å². The average molecular weight is 509 g/mol. The molecule has 0 bridgehead atoms. The van der Waals surface area contributed by atoms with Gasteiger partial charge < -0.3 is 19.8 Å². The molecule has 0 saturated heterocycles. The average Bonchev–Trinajstić information content (AvgIpc) is 3.39. The van der Waals surface area contributed by atoms with E-state index in [0.29, 0.717) is 42.3 Å². The van der Waals surface area contributed by atoms with E-state index in [2.05, 4.69) is 48.8 Å². The Morgan fingerprint density at radius 1 is 1.16 bits per heavy atom. The van der Waals surface area contributed by atoms with Gasteiger partial charge in [-0.25, -0.2) is 0 Å². The fourth-order valence-electron chi connectivity index (χ4n) is 7.58. The van der Waals surface area contributed by atoms with E-state index in [4.69, 9.17) is 4.52 Å². The summed E-state index contributed by atoms with van der Waals surface area (Å²) in [6.45, 7) is 10.8. The van der Waals surface area contributed by atoms with Crippen molar-refractivity contribution < 1.29 is 19.8 Å². The van der Waals surface area contributed by atoms with E-state index < -0.39 is 23.7 Å². The van der Waals surface area contributed by atoms with Crippen molar-refractivity contribution in [2.45, 2.75) is 109 Å². The zero-order valence-corrected chi connectivity index (χ0v) is 22.7. The highest BCUT2D eigenvalue weighted by Gasteiger charge is 2.55. The minimum atomic E-state index is -0.646. The van der Waals surface area contributed by atoms with E-state index in [1.165, 1.54) is 31.3 Å². The minimum absolute atomic E-state index is 0.236. The summed E-state index contributed by atoms with van der Waals surface area (Å²) in [5.74, 6) is 2.77. The van der Waals surface area contributed by atoms with Crippen molar-refractivity contribution in [3.63, 3.8) is 0 Å². The van der Waals surface area contributed by atoms with Crippen LogP contribution in [0.25, 0.3) is 0 Å². The van der Waals surface area contributed by atoms with Gasteiger partial charge in [-0.2, -0.15) is 4.98 Å². The highest BCUT2D eigenvalue weighted by atomic mass is 16.5. The summed E-state index contributed by atoms with van der Waals surface area (Å²) in [6, 6.07) is 0. The molecule has 1 aromatic heterocycles. The Morgan fingerprint density at radius 3 is 2.65 bits per heavy atom. The molecule has 202 valence electrons. The van der Waals surface area contributed by atoms with Crippen LogP contribution in [0.15, 0.2) is 52.1 Å². The second kappa shape index (κ2) is 10.3. The van der Waals surface area contributed by atoms with Crippen LogP contribution < -0.4 is 0 Å². The number of aryl methyl sites for hydroxylation is 1. The van der Waals surface area contributed by atoms with Crippen LogP contribution in [0.3, 0.4) is 0 Å². The molecule has 6 nitrogen and oxygen atoms in total. The van der Waals surface area contributed by atoms with Crippen molar-refractivity contribution in [1.29, 1.82) is 0 Å². The lowest BCUT2D eigenvalue weighted by molar-refractivity contribution is 0.0862. The molecule has 0 unspecified atom stereocenters. The highest BCUT2D eigenvalue weighted by molar-refractivity contribution is 5.38. The molecule has 4 aliphatic rings. The summed E-state index contributed by atoms with van der Waals surface area (Å²) >= 11 is 0. The van der Waals surface area contributed by atoms with Gasteiger partial charge in [0, 0.05) is 12.8 Å². The second-order valence-corrected chi connectivity index (χ2v) is 12.4. The van der Waals surface area contributed by atoms with Crippen LogP contribution in [0.2, 0.25) is 0 Å². The van der Waals surface area contributed by atoms with Gasteiger partial charge in [0.15, 0.2) is 5.82 Å². The number of aliphatic hydroxyl groups excluding tert-OH is 3. The summed E-state index contributed by atoms with van der Waals surface area (Å²) < 4.78 is 5.50. The maximum absolute atomic E-state index is 11.1. The predicted octanol–water partition coefficient (Wildman–Crippen LogP) is 5.36. The molecule has 3 N–H and O–H groups in total. The molecule has 0 aliphatic heterocycles. The van der Waals surface area contributed by atoms with Gasteiger partial charge >= 0.3 is 0 Å². The fourth-order valence-corrected chi connectivity index (χ4v) is 7.58. The SMILES string of the molecule is C=C1/C(=C\C=C2/CCC[C@]3(C)[C@@H]([C@H](C)/C=C/[C@H](O)C4(c5nc(CC)no5)CC4)CC[C@@H]23)C[C@@H](O)C[C@@H]1O. The Bertz CT molecular complexity index is 1100. The minimum Gasteiger partial charge on any atom is -0.393 e. The number of hydrogen-bond acceptors (Lipinski definition) is 6. The molecule has 4 aliphatic carbocycles. The summed E-state index contributed by atoms with van der Waals surface area (Å²) in [5, 5.41) is 35.4. The molecule has 37 heavy (non-hydrogen) atoms. The van der Waals surface area contributed by atoms with Crippen LogP contribution in [-0.4, -0.2) is 43.8 Å². The van der Waals surface area contributed by atoms with Gasteiger partial charge in [-0.3, -0.25) is 0 Å². The maximum atomic E-state index is 11.1. The molecule has 4 saturated carbocycles. The number of fused-ring (bicyclic) bond motifs is 1. The van der Waals surface area contributed by atoms with Crippen LogP contribution in [0.4, 0.5) is 0 Å². The standard InChI is InChI=1S/C31H44N2O4/c1-5-28-32-29(37-33-28)31(15-16-31)27(36)13-8-19(2)24-11-12-25-21(7-6-14-30(24,25)4)9-10-22-17-23(34)18-26(35)20(22)3/h8-10,13,19,23-27,34-36H,3,5-7,11-12,14-18H2,1-2,4H3/b13-8+,21-9+,22-10-/t19-,23-,24-,25+,26+,27+,30-/m1/s1. The monoisotopic (exact) mass is 508 g/mol. The molecular weight excluding hydrogens is 464 g/mol. The molecule has 0 aromatic carbocycles. The topological polar surface area (TPSA) is 99.6 Å². The number of aromatic nitrogens is 2. The van der Waals surface area contributed by atoms with Crippen molar-refractivity contribution in [3.8, 4) is 0 Å². The van der Waals surface area contributed by atoms with E-state index in [-0.39, 0.29) is 5.41 Å². The van der Waals surface area contributed by atoms with Gasteiger partial charge in [0.05, 0.1) is 23.7 Å². The lowest BCUT2D eigenvalue weighted by Crippen LogP contribution is -2.35. The van der Waals surface area contributed by atoms with Crippen molar-refractivity contribution in [2.75, 3.05) is 0 Å². The first-order chi connectivity index (χ1) is 17.7. The summed E-state index contributed by atoms with van der Waals surface area (Å²) in [7, 11) is 0. The van der Waals surface area contributed by atoms with E-state index in [9.17, 15) is 15.3 Å². The first-order valence-corrected chi connectivity index (χ1v) is 14.3. The van der Waals surface area contributed by atoms with E-state index in [1.54, 1.807) is 0 Å². The van der Waals surface area contributed by atoms with Crippen molar-refractivity contribution >= 4 is 0 Å². The third-order valence-electron chi connectivity index (χ3n) is 10.1. The van der Waals surface area contributed by atoms with E-state index >= 15 is 0 Å². The number of aliphatic hydroxyl groups is 3. The van der Waals surface area contributed by atoms with Gasteiger partial charge in [0.1, 0.15) is 0 Å². The Morgan fingerprint density at radius 2 is 1.95 bits per heavy atom. The number of rotatable bonds is 7. The van der Waals surface area contributed by atoms with Crippen LogP contribution >= 0.6 is 0 Å². The molecule has 4 fully saturated rings. The maximum Gasteiger partial charge on any atom is 0.235 e. The summed E-state index contributed by atoms with van der Waals surface area (Å²) in [4.78, 5) is 4.51. The highest BCUT2D eigenvalue weighted by Crippen LogP contribution is 2.59. The predicted molar refractivity (Wildman–Crippen MR) is 144 cm³/mol. The van der Waals surface area contributed by atoms with Gasteiger partial charge in [-0.05, 0) is 85.7 Å². The molecule has 0 radical (unpaired) electrons. The third-order valence-corrected chi connectivity index (χ3v) is 10.1. The van der Waals surface area contributed by atoms with E-state index in [1.807, 2.05) is 13.0 Å². The van der Waals surface area contributed by atoms with Gasteiger partial charge in [0.2, 0.25) is 5.89 Å². The Hall–Kier alpha value is -2.02. The van der Waals surface area contributed by atoms with Crippen molar-refractivity contribution in [3.05, 3.63) is 59.3 Å². The smallest absolute Gasteiger partial charge is 0.235 e. The molecular formula is C31H44N2O4. The normalized spacial score (nSPS) is 37.3. The zero-order chi connectivity index (χ0) is 26.4. The fraction of sp³-hybridized carbons (Fsp3) is 0.677. The molecule has 1 heterocycles. The summed E-state index contributed by atoms with van der Waals surface area (Å²) in [6.07, 6.45) is 16.2. The van der Waals surface area contributed by atoms with Gasteiger partial charge in [-0.15, -0.1) is 0 Å². The zero-order valence-electron chi connectivity index (χ0n) is 22.7. The molecule has 5 rings (SSSR count). The van der Waals surface area contributed by atoms with Crippen LogP contribution in [0, 0.1) is 23.2 Å². The number of hydrogen-bond donors (Lipinski definition) is 3. The van der Waals surface area contributed by atoms with Gasteiger partial charge in [0.25, 0.3) is 0 Å². The molecule has 1 aromatic rings. The Kier molecular flexibility index (Phi) is 7.38. The van der Waals surface area contributed by atoms with Crippen molar-refractivity contribution in [2.24, 2.45) is 23.2 Å². The van der Waals surface area contributed by atoms with Crippen LogP contribution in [0.5, 0.6) is 0 Å². The molecule has 7 atom stereocenters.